The molecule has 2 rings (SSSR count). The normalized spacial score (nSPS) is 18.6. The van der Waals surface area contributed by atoms with Gasteiger partial charge >= 0.3 is 0 Å². The number of aromatic nitrogens is 1. The lowest BCUT2D eigenvalue weighted by Crippen LogP contribution is -2.18. The third-order valence-corrected chi connectivity index (χ3v) is 2.85. The molecule has 1 aromatic heterocycles. The van der Waals surface area contributed by atoms with Gasteiger partial charge in [0.05, 0.1) is 12.7 Å². The van der Waals surface area contributed by atoms with E-state index in [9.17, 15) is 0 Å². The van der Waals surface area contributed by atoms with E-state index in [1.165, 1.54) is 25.9 Å². The van der Waals surface area contributed by atoms with E-state index >= 15 is 0 Å². The average molecular weight is 208 g/mol. The molecule has 0 bridgehead atoms. The molecule has 0 aromatic carbocycles. The van der Waals surface area contributed by atoms with Crippen LogP contribution in [0.4, 0.5) is 0 Å². The van der Waals surface area contributed by atoms with Crippen LogP contribution in [0.2, 0.25) is 0 Å². The summed E-state index contributed by atoms with van der Waals surface area (Å²) in [7, 11) is 0. The monoisotopic (exact) mass is 208 g/mol. The first-order chi connectivity index (χ1) is 7.05. The van der Waals surface area contributed by atoms with E-state index in [4.69, 9.17) is 4.42 Å². The second-order valence-corrected chi connectivity index (χ2v) is 5.35. The molecule has 0 spiro atoms. The van der Waals surface area contributed by atoms with Gasteiger partial charge in [-0.3, -0.25) is 4.90 Å². The Kier molecular flexibility index (Phi) is 2.83. The quantitative estimate of drug-likeness (QED) is 0.748. The highest BCUT2D eigenvalue weighted by Gasteiger charge is 2.20. The Balaban J connectivity index is 2.00. The topological polar surface area (TPSA) is 29.3 Å². The van der Waals surface area contributed by atoms with Gasteiger partial charge in [-0.05, 0) is 25.9 Å². The van der Waals surface area contributed by atoms with Crippen molar-refractivity contribution in [3.8, 4) is 0 Å². The largest absolute Gasteiger partial charge is 0.444 e. The molecule has 1 fully saturated rings. The lowest BCUT2D eigenvalue weighted by Gasteiger charge is -2.14. The smallest absolute Gasteiger partial charge is 0.208 e. The van der Waals surface area contributed by atoms with Crippen molar-refractivity contribution in [1.29, 1.82) is 0 Å². The second-order valence-electron chi connectivity index (χ2n) is 5.35. The highest BCUT2D eigenvalue weighted by atomic mass is 16.4. The van der Waals surface area contributed by atoms with E-state index in [2.05, 4.69) is 30.7 Å². The zero-order chi connectivity index (χ0) is 10.9. The zero-order valence-electron chi connectivity index (χ0n) is 9.92. The summed E-state index contributed by atoms with van der Waals surface area (Å²) in [6.45, 7) is 9.68. The molecule has 0 aliphatic carbocycles. The molecular weight excluding hydrogens is 188 g/mol. The van der Waals surface area contributed by atoms with Crippen LogP contribution < -0.4 is 0 Å². The minimum absolute atomic E-state index is 0.0657. The average Bonchev–Trinajstić information content (AvgIpc) is 2.73. The van der Waals surface area contributed by atoms with Crippen molar-refractivity contribution in [1.82, 2.24) is 9.88 Å². The lowest BCUT2D eigenvalue weighted by atomic mass is 9.94. The molecule has 0 radical (unpaired) electrons. The van der Waals surface area contributed by atoms with Crippen LogP contribution in [0.3, 0.4) is 0 Å². The van der Waals surface area contributed by atoms with Gasteiger partial charge < -0.3 is 4.42 Å². The van der Waals surface area contributed by atoms with Gasteiger partial charge in [-0.2, -0.15) is 0 Å². The Labute approximate surface area is 91.5 Å². The van der Waals surface area contributed by atoms with E-state index in [1.54, 1.807) is 0 Å². The summed E-state index contributed by atoms with van der Waals surface area (Å²) in [5.41, 5.74) is 0.0657. The molecule has 0 amide bonds. The predicted molar refractivity (Wildman–Crippen MR) is 59.7 cm³/mol. The summed E-state index contributed by atoms with van der Waals surface area (Å²) in [5.74, 6) is 1.85. The summed E-state index contributed by atoms with van der Waals surface area (Å²) >= 11 is 0. The molecule has 1 aliphatic rings. The summed E-state index contributed by atoms with van der Waals surface area (Å²) in [6.07, 6.45) is 4.49. The van der Waals surface area contributed by atoms with Gasteiger partial charge in [-0.1, -0.05) is 20.8 Å². The number of hydrogen-bond donors (Lipinski definition) is 0. The van der Waals surface area contributed by atoms with Crippen molar-refractivity contribution in [3.63, 3.8) is 0 Å². The number of rotatable bonds is 2. The number of oxazole rings is 1. The van der Waals surface area contributed by atoms with Crippen molar-refractivity contribution in [2.24, 2.45) is 0 Å². The second kappa shape index (κ2) is 3.97. The Morgan fingerprint density at radius 1 is 1.33 bits per heavy atom. The number of likely N-dealkylation sites (tertiary alicyclic amines) is 1. The maximum absolute atomic E-state index is 5.76. The fourth-order valence-corrected chi connectivity index (χ4v) is 1.86. The van der Waals surface area contributed by atoms with Crippen LogP contribution >= 0.6 is 0 Å². The third kappa shape index (κ3) is 2.59. The fraction of sp³-hybridized carbons (Fsp3) is 0.750. The maximum Gasteiger partial charge on any atom is 0.208 e. The molecule has 1 aromatic rings. The Morgan fingerprint density at radius 2 is 2.00 bits per heavy atom. The van der Waals surface area contributed by atoms with Gasteiger partial charge in [0, 0.05) is 5.41 Å². The summed E-state index contributed by atoms with van der Waals surface area (Å²) in [4.78, 5) is 6.74. The van der Waals surface area contributed by atoms with Crippen LogP contribution in [0.1, 0.15) is 45.3 Å². The van der Waals surface area contributed by atoms with Crippen LogP contribution in [0.5, 0.6) is 0 Å². The molecule has 0 saturated carbocycles. The fourth-order valence-electron chi connectivity index (χ4n) is 1.86. The molecule has 1 aliphatic heterocycles. The third-order valence-electron chi connectivity index (χ3n) is 2.85. The highest BCUT2D eigenvalue weighted by Crippen LogP contribution is 2.23. The molecule has 1 saturated heterocycles. The van der Waals surface area contributed by atoms with E-state index in [1.807, 2.05) is 6.20 Å². The molecule has 84 valence electrons. The SMILES string of the molecule is CC(C)(C)c1cnc(CN2CCCC2)o1. The van der Waals surface area contributed by atoms with Gasteiger partial charge in [0.1, 0.15) is 5.76 Å². The van der Waals surface area contributed by atoms with Crippen LogP contribution in [0.15, 0.2) is 10.6 Å². The molecular formula is C12H20N2O. The molecule has 3 nitrogen and oxygen atoms in total. The predicted octanol–water partition coefficient (Wildman–Crippen LogP) is 2.57. The Bertz CT molecular complexity index is 319. The molecule has 3 heteroatoms. The van der Waals surface area contributed by atoms with Gasteiger partial charge in [0.15, 0.2) is 0 Å². The first-order valence-corrected chi connectivity index (χ1v) is 5.73. The van der Waals surface area contributed by atoms with Crippen molar-refractivity contribution in [2.75, 3.05) is 13.1 Å². The molecule has 0 N–H and O–H groups in total. The lowest BCUT2D eigenvalue weighted by molar-refractivity contribution is 0.277. The van der Waals surface area contributed by atoms with Crippen LogP contribution in [0.25, 0.3) is 0 Å². The van der Waals surface area contributed by atoms with Gasteiger partial charge in [-0.15, -0.1) is 0 Å². The van der Waals surface area contributed by atoms with Crippen molar-refractivity contribution < 1.29 is 4.42 Å². The van der Waals surface area contributed by atoms with Crippen molar-refractivity contribution in [2.45, 2.75) is 45.6 Å². The summed E-state index contributed by atoms with van der Waals surface area (Å²) < 4.78 is 5.76. The van der Waals surface area contributed by atoms with Gasteiger partial charge in [-0.25, -0.2) is 4.98 Å². The minimum atomic E-state index is 0.0657. The molecule has 15 heavy (non-hydrogen) atoms. The van der Waals surface area contributed by atoms with Crippen LogP contribution in [0, 0.1) is 0 Å². The van der Waals surface area contributed by atoms with E-state index in [0.717, 1.165) is 18.2 Å². The standard InChI is InChI=1S/C12H20N2O/c1-12(2,3)10-8-13-11(15-10)9-14-6-4-5-7-14/h8H,4-7,9H2,1-3H3. The summed E-state index contributed by atoms with van der Waals surface area (Å²) in [5, 5.41) is 0. The minimum Gasteiger partial charge on any atom is -0.444 e. The van der Waals surface area contributed by atoms with Gasteiger partial charge in [0.2, 0.25) is 5.89 Å². The van der Waals surface area contributed by atoms with E-state index in [0.29, 0.717) is 0 Å². The maximum atomic E-state index is 5.76. The zero-order valence-corrected chi connectivity index (χ0v) is 9.92. The molecule has 0 unspecified atom stereocenters. The Morgan fingerprint density at radius 3 is 2.53 bits per heavy atom. The summed E-state index contributed by atoms with van der Waals surface area (Å²) in [6, 6.07) is 0. The van der Waals surface area contributed by atoms with E-state index in [-0.39, 0.29) is 5.41 Å². The first-order valence-electron chi connectivity index (χ1n) is 5.73. The van der Waals surface area contributed by atoms with Crippen molar-refractivity contribution >= 4 is 0 Å². The number of nitrogens with zero attached hydrogens (tertiary/aromatic N) is 2. The van der Waals surface area contributed by atoms with E-state index < -0.39 is 0 Å². The molecule has 0 atom stereocenters. The molecule has 2 heterocycles. The van der Waals surface area contributed by atoms with Gasteiger partial charge in [0.25, 0.3) is 0 Å². The number of hydrogen-bond acceptors (Lipinski definition) is 3. The van der Waals surface area contributed by atoms with Crippen LogP contribution in [-0.2, 0) is 12.0 Å². The first kappa shape index (κ1) is 10.7. The Hall–Kier alpha value is -0.830. The van der Waals surface area contributed by atoms with Crippen molar-refractivity contribution in [3.05, 3.63) is 17.8 Å². The van der Waals surface area contributed by atoms with Crippen LogP contribution in [-0.4, -0.2) is 23.0 Å². The highest BCUT2D eigenvalue weighted by molar-refractivity contribution is 5.06.